The molecule has 4 rings (SSSR count). The fourth-order valence-corrected chi connectivity index (χ4v) is 6.16. The summed E-state index contributed by atoms with van der Waals surface area (Å²) in [6.07, 6.45) is 3.85. The first kappa shape index (κ1) is 19.4. The molecule has 1 unspecified atom stereocenters. The van der Waals surface area contributed by atoms with Gasteiger partial charge < -0.3 is 15.1 Å². The number of pyridine rings is 1. The van der Waals surface area contributed by atoms with Crippen molar-refractivity contribution in [2.24, 2.45) is 11.8 Å². The molecular formula is C20H25N3O4S. The third-order valence-corrected chi connectivity index (χ3v) is 7.50. The van der Waals surface area contributed by atoms with E-state index in [0.717, 1.165) is 31.0 Å². The number of carboxylic acid groups (broad SMARTS) is 1. The fourth-order valence-electron chi connectivity index (χ4n) is 4.65. The first-order chi connectivity index (χ1) is 13.4. The average molecular weight is 404 g/mol. The molecule has 0 saturated carbocycles. The third-order valence-electron chi connectivity index (χ3n) is 5.96. The molecule has 1 aromatic heterocycles. The first-order valence-electron chi connectivity index (χ1n) is 9.65. The van der Waals surface area contributed by atoms with Gasteiger partial charge in [-0.1, -0.05) is 13.0 Å². The summed E-state index contributed by atoms with van der Waals surface area (Å²) >= 11 is 1.60. The van der Waals surface area contributed by atoms with Crippen molar-refractivity contribution in [1.29, 1.82) is 0 Å². The Bertz CT molecular complexity index is 813. The zero-order chi connectivity index (χ0) is 20.0. The number of aliphatic carboxylic acids is 1. The lowest BCUT2D eigenvalue weighted by atomic mass is 9.79. The molecule has 1 amide bonds. The lowest BCUT2D eigenvalue weighted by Gasteiger charge is -2.46. The van der Waals surface area contributed by atoms with Gasteiger partial charge in [0, 0.05) is 41.6 Å². The van der Waals surface area contributed by atoms with Gasteiger partial charge in [0.05, 0.1) is 18.1 Å². The van der Waals surface area contributed by atoms with E-state index in [2.05, 4.69) is 16.0 Å². The Morgan fingerprint density at radius 1 is 1.46 bits per heavy atom. The molecule has 0 aromatic carbocycles. The van der Waals surface area contributed by atoms with Crippen molar-refractivity contribution in [2.45, 2.75) is 44.2 Å². The summed E-state index contributed by atoms with van der Waals surface area (Å²) in [5.74, 6) is -1.90. The van der Waals surface area contributed by atoms with Crippen LogP contribution in [-0.2, 0) is 16.1 Å². The van der Waals surface area contributed by atoms with Crippen LogP contribution in [0.1, 0.15) is 25.8 Å². The van der Waals surface area contributed by atoms with E-state index in [1.165, 1.54) is 10.5 Å². The van der Waals surface area contributed by atoms with E-state index in [1.807, 2.05) is 19.2 Å². The van der Waals surface area contributed by atoms with Gasteiger partial charge in [-0.15, -0.1) is 11.8 Å². The Hall–Kier alpha value is -1.90. The topological polar surface area (TPSA) is 94.0 Å². The average Bonchev–Trinajstić information content (AvgIpc) is 3.17. The van der Waals surface area contributed by atoms with E-state index < -0.39 is 18.0 Å². The smallest absolute Gasteiger partial charge is 0.353 e. The summed E-state index contributed by atoms with van der Waals surface area (Å²) in [5.41, 5.74) is 1.29. The highest BCUT2D eigenvalue weighted by atomic mass is 32.2. The molecule has 2 fully saturated rings. The maximum Gasteiger partial charge on any atom is 0.353 e. The summed E-state index contributed by atoms with van der Waals surface area (Å²) in [5, 5.41) is 20.0. The summed E-state index contributed by atoms with van der Waals surface area (Å²) in [6, 6.07) is 3.75. The van der Waals surface area contributed by atoms with Crippen LogP contribution < -0.4 is 0 Å². The Labute approximate surface area is 168 Å². The van der Waals surface area contributed by atoms with Crippen LogP contribution in [0.15, 0.2) is 35.1 Å². The molecular weight excluding hydrogens is 378 g/mol. The largest absolute Gasteiger partial charge is 0.477 e. The minimum Gasteiger partial charge on any atom is -0.477 e. The molecule has 4 heterocycles. The standard InChI is InChI=1S/C20H25N3O4S/c1-11-16-15(12(2)24)19(25)23(16)17(20(26)27)18(11)28-14-5-7-22(10-14)9-13-4-3-6-21-8-13/h3-4,6,8,11-12,14-16,24H,5,7,9-10H2,1-2H3,(H,26,27)/t11-,12?,14-,15-,16-/m1/s1. The second kappa shape index (κ2) is 7.50. The third kappa shape index (κ3) is 3.23. The van der Waals surface area contributed by atoms with Crippen LogP contribution in [0.25, 0.3) is 0 Å². The van der Waals surface area contributed by atoms with Gasteiger partial charge in [-0.2, -0.15) is 0 Å². The highest BCUT2D eigenvalue weighted by Gasteiger charge is 2.60. The first-order valence-corrected chi connectivity index (χ1v) is 10.5. The van der Waals surface area contributed by atoms with E-state index in [4.69, 9.17) is 0 Å². The molecule has 2 N–H and O–H groups in total. The zero-order valence-corrected chi connectivity index (χ0v) is 16.8. The number of hydrogen-bond donors (Lipinski definition) is 2. The fraction of sp³-hybridized carbons (Fsp3) is 0.550. The van der Waals surface area contributed by atoms with Crippen molar-refractivity contribution >= 4 is 23.6 Å². The van der Waals surface area contributed by atoms with Gasteiger partial charge in [0.1, 0.15) is 5.70 Å². The normalized spacial score (nSPS) is 31.1. The number of carbonyl (C=O) groups is 2. The van der Waals surface area contributed by atoms with E-state index in [9.17, 15) is 19.8 Å². The highest BCUT2D eigenvalue weighted by molar-refractivity contribution is 8.03. The van der Waals surface area contributed by atoms with Crippen LogP contribution in [0.3, 0.4) is 0 Å². The predicted molar refractivity (Wildman–Crippen MR) is 105 cm³/mol. The number of carboxylic acids is 1. The number of aliphatic hydroxyl groups excluding tert-OH is 1. The minimum absolute atomic E-state index is 0.0687. The van der Waals surface area contributed by atoms with Crippen molar-refractivity contribution < 1.29 is 19.8 Å². The quantitative estimate of drug-likeness (QED) is 0.696. The highest BCUT2D eigenvalue weighted by Crippen LogP contribution is 2.51. The SMILES string of the molecule is CC(O)[C@H]1C(=O)N2C(C(=O)O)=C(S[C@@H]3CCN(Cc4cccnc4)C3)[C@H](C)[C@H]12. The summed E-state index contributed by atoms with van der Waals surface area (Å²) in [7, 11) is 0. The van der Waals surface area contributed by atoms with Crippen LogP contribution in [0.5, 0.6) is 0 Å². The van der Waals surface area contributed by atoms with Gasteiger partial charge in [-0.25, -0.2) is 4.79 Å². The Kier molecular flexibility index (Phi) is 5.20. The lowest BCUT2D eigenvalue weighted by Crippen LogP contribution is -2.63. The number of carbonyl (C=O) groups excluding carboxylic acids is 1. The van der Waals surface area contributed by atoms with Crippen LogP contribution in [0.4, 0.5) is 0 Å². The summed E-state index contributed by atoms with van der Waals surface area (Å²) < 4.78 is 0. The molecule has 7 nitrogen and oxygen atoms in total. The van der Waals surface area contributed by atoms with Crippen molar-refractivity contribution in [2.75, 3.05) is 13.1 Å². The van der Waals surface area contributed by atoms with Gasteiger partial charge in [-0.05, 0) is 31.5 Å². The van der Waals surface area contributed by atoms with Crippen LogP contribution in [0, 0.1) is 11.8 Å². The number of thioether (sulfide) groups is 1. The number of likely N-dealkylation sites (tertiary alicyclic amines) is 1. The maximum absolute atomic E-state index is 12.4. The van der Waals surface area contributed by atoms with E-state index >= 15 is 0 Å². The number of aliphatic hydroxyl groups is 1. The van der Waals surface area contributed by atoms with Crippen molar-refractivity contribution in [3.05, 3.63) is 40.7 Å². The molecule has 5 atom stereocenters. The molecule has 0 spiro atoms. The molecule has 28 heavy (non-hydrogen) atoms. The Morgan fingerprint density at radius 3 is 2.89 bits per heavy atom. The van der Waals surface area contributed by atoms with Gasteiger partial charge in [0.15, 0.2) is 0 Å². The molecule has 8 heteroatoms. The van der Waals surface area contributed by atoms with Gasteiger partial charge in [0.2, 0.25) is 5.91 Å². The monoisotopic (exact) mass is 403 g/mol. The van der Waals surface area contributed by atoms with Gasteiger partial charge in [0.25, 0.3) is 0 Å². The summed E-state index contributed by atoms with van der Waals surface area (Å²) in [4.78, 5) is 33.0. The summed E-state index contributed by atoms with van der Waals surface area (Å²) in [6.45, 7) is 6.24. The van der Waals surface area contributed by atoms with Gasteiger partial charge >= 0.3 is 5.97 Å². The zero-order valence-electron chi connectivity index (χ0n) is 16.0. The molecule has 0 bridgehead atoms. The number of fused-ring (bicyclic) bond motifs is 1. The second-order valence-corrected chi connectivity index (χ2v) is 9.24. The molecule has 150 valence electrons. The maximum atomic E-state index is 12.4. The number of β-lactam (4-membered cyclic amide) rings is 1. The minimum atomic E-state index is -1.06. The van der Waals surface area contributed by atoms with E-state index in [0.29, 0.717) is 5.25 Å². The van der Waals surface area contributed by atoms with Crippen LogP contribution >= 0.6 is 11.8 Å². The Morgan fingerprint density at radius 2 is 2.25 bits per heavy atom. The molecule has 0 aliphatic carbocycles. The number of aromatic nitrogens is 1. The van der Waals surface area contributed by atoms with Gasteiger partial charge in [-0.3, -0.25) is 14.7 Å². The number of hydrogen-bond acceptors (Lipinski definition) is 6. The number of nitrogens with zero attached hydrogens (tertiary/aromatic N) is 3. The van der Waals surface area contributed by atoms with Crippen molar-refractivity contribution in [3.63, 3.8) is 0 Å². The van der Waals surface area contributed by atoms with Crippen molar-refractivity contribution in [1.82, 2.24) is 14.8 Å². The number of amides is 1. The number of rotatable bonds is 6. The predicted octanol–water partition coefficient (Wildman–Crippen LogP) is 1.54. The van der Waals surface area contributed by atoms with Crippen LogP contribution in [-0.4, -0.2) is 67.4 Å². The van der Waals surface area contributed by atoms with E-state index in [-0.39, 0.29) is 23.6 Å². The molecule has 3 aliphatic heterocycles. The molecule has 2 saturated heterocycles. The molecule has 3 aliphatic rings. The lowest BCUT2D eigenvalue weighted by molar-refractivity contribution is -0.163. The molecule has 1 aromatic rings. The van der Waals surface area contributed by atoms with E-state index in [1.54, 1.807) is 24.9 Å². The van der Waals surface area contributed by atoms with Crippen molar-refractivity contribution in [3.8, 4) is 0 Å². The molecule has 0 radical (unpaired) electrons. The van der Waals surface area contributed by atoms with Crippen LogP contribution in [0.2, 0.25) is 0 Å². The second-order valence-electron chi connectivity index (χ2n) is 7.90. The Balaban J connectivity index is 1.47.